The summed E-state index contributed by atoms with van der Waals surface area (Å²) in [4.78, 5) is 19.6. The number of aromatic nitrogens is 2. The lowest BCUT2D eigenvalue weighted by molar-refractivity contribution is -0.166. The molecule has 170 valence electrons. The van der Waals surface area contributed by atoms with Gasteiger partial charge in [0.1, 0.15) is 11.4 Å². The maximum absolute atomic E-state index is 12.2. The Morgan fingerprint density at radius 3 is 2.66 bits per heavy atom. The Morgan fingerprint density at radius 1 is 1.25 bits per heavy atom. The average Bonchev–Trinajstić information content (AvgIpc) is 3.34. The third kappa shape index (κ3) is 3.41. The van der Waals surface area contributed by atoms with Crippen LogP contribution in [0.1, 0.15) is 41.4 Å². The second-order valence-corrected chi connectivity index (χ2v) is 11.4. The van der Waals surface area contributed by atoms with Gasteiger partial charge in [0.2, 0.25) is 5.91 Å². The molecule has 1 atom stereocenters. The van der Waals surface area contributed by atoms with Crippen molar-refractivity contribution in [3.63, 3.8) is 0 Å². The summed E-state index contributed by atoms with van der Waals surface area (Å²) in [6, 6.07) is 8.14. The van der Waals surface area contributed by atoms with Gasteiger partial charge < -0.3 is 14.5 Å². The number of hydrogen-bond donors (Lipinski definition) is 0. The maximum atomic E-state index is 12.2. The molecule has 10 heteroatoms. The summed E-state index contributed by atoms with van der Waals surface area (Å²) in [6.45, 7) is 5.16. The third-order valence-corrected chi connectivity index (χ3v) is 7.24. The van der Waals surface area contributed by atoms with Gasteiger partial charge in [0.05, 0.1) is 36.8 Å². The quantitative estimate of drug-likeness (QED) is 0.686. The van der Waals surface area contributed by atoms with E-state index in [0.29, 0.717) is 26.1 Å². The minimum Gasteiger partial charge on any atom is -0.382 e. The molecule has 0 bridgehead atoms. The Hall–Kier alpha value is -2.72. The Kier molecular flexibility index (Phi) is 4.55. The van der Waals surface area contributed by atoms with Crippen molar-refractivity contribution in [1.82, 2.24) is 14.7 Å². The van der Waals surface area contributed by atoms with Crippen LogP contribution in [-0.2, 0) is 49.1 Å². The SMILES string of the molecule is Cc1cc(C2(C)CC(c3ccc4c(c3)COC43CN(C(=O)CS(C)(=O)=O)C3)=NO2)n(C)n1. The lowest BCUT2D eigenvalue weighted by Gasteiger charge is -2.47. The standard InChI is InChI=1S/C22H26N4O5S/c1-14-7-19(25(3)23-14)21(2)9-18(24-31-21)15-5-6-17-16(8-15)10-30-22(17)12-26(13-22)20(27)11-32(4,28)29/h5-8H,9-13H2,1-4H3. The molecule has 1 spiro atoms. The predicted octanol–water partition coefficient (Wildman–Crippen LogP) is 1.38. The summed E-state index contributed by atoms with van der Waals surface area (Å²) in [5.74, 6) is -0.849. The van der Waals surface area contributed by atoms with Crippen LogP contribution in [0.25, 0.3) is 0 Å². The topological polar surface area (TPSA) is 103 Å². The van der Waals surface area contributed by atoms with E-state index in [0.717, 1.165) is 40.0 Å². The molecule has 0 radical (unpaired) electrons. The fourth-order valence-corrected chi connectivity index (χ4v) is 5.52. The number of fused-ring (bicyclic) bond motifs is 2. The van der Waals surface area contributed by atoms with E-state index in [-0.39, 0.29) is 5.91 Å². The number of likely N-dealkylation sites (tertiary alicyclic amines) is 1. The van der Waals surface area contributed by atoms with Crippen LogP contribution in [-0.4, -0.2) is 59.8 Å². The molecule has 2 aromatic rings. The van der Waals surface area contributed by atoms with E-state index in [2.05, 4.69) is 16.3 Å². The maximum Gasteiger partial charge on any atom is 0.237 e. The summed E-state index contributed by atoms with van der Waals surface area (Å²) in [5, 5.41) is 8.80. The number of carbonyl (C=O) groups is 1. The van der Waals surface area contributed by atoms with Crippen molar-refractivity contribution in [2.75, 3.05) is 25.1 Å². The van der Waals surface area contributed by atoms with E-state index >= 15 is 0 Å². The third-order valence-electron chi connectivity index (χ3n) is 6.47. The number of ether oxygens (including phenoxy) is 1. The molecule has 0 saturated carbocycles. The summed E-state index contributed by atoms with van der Waals surface area (Å²) >= 11 is 0. The molecule has 32 heavy (non-hydrogen) atoms. The highest BCUT2D eigenvalue weighted by molar-refractivity contribution is 7.91. The van der Waals surface area contributed by atoms with Gasteiger partial charge in [-0.3, -0.25) is 9.48 Å². The molecule has 1 aromatic heterocycles. The number of sulfone groups is 1. The smallest absolute Gasteiger partial charge is 0.237 e. The van der Waals surface area contributed by atoms with Crippen molar-refractivity contribution in [2.45, 2.75) is 38.1 Å². The summed E-state index contributed by atoms with van der Waals surface area (Å²) in [5.41, 5.74) is 4.76. The molecule has 1 aromatic carbocycles. The van der Waals surface area contributed by atoms with Crippen LogP contribution >= 0.6 is 0 Å². The minimum absolute atomic E-state index is 0.371. The Labute approximate surface area is 186 Å². The lowest BCUT2D eigenvalue weighted by Crippen LogP contribution is -2.62. The van der Waals surface area contributed by atoms with Gasteiger partial charge in [0.15, 0.2) is 15.4 Å². The van der Waals surface area contributed by atoms with E-state index in [4.69, 9.17) is 9.57 Å². The van der Waals surface area contributed by atoms with Gasteiger partial charge in [-0.2, -0.15) is 5.10 Å². The van der Waals surface area contributed by atoms with Gasteiger partial charge in [-0.15, -0.1) is 0 Å². The first kappa shape index (κ1) is 21.1. The number of nitrogens with zero attached hydrogens (tertiary/aromatic N) is 4. The van der Waals surface area contributed by atoms with Crippen LogP contribution in [0.4, 0.5) is 0 Å². The molecule has 5 rings (SSSR count). The highest BCUT2D eigenvalue weighted by atomic mass is 32.2. The predicted molar refractivity (Wildman–Crippen MR) is 117 cm³/mol. The number of oxime groups is 1. The molecule has 0 N–H and O–H groups in total. The molecular formula is C22H26N4O5S. The molecule has 1 fully saturated rings. The number of benzene rings is 1. The van der Waals surface area contributed by atoms with E-state index in [1.54, 1.807) is 4.90 Å². The van der Waals surface area contributed by atoms with E-state index in [1.165, 1.54) is 0 Å². The molecule has 3 aliphatic rings. The highest BCUT2D eigenvalue weighted by Crippen LogP contribution is 2.44. The second-order valence-electron chi connectivity index (χ2n) is 9.31. The zero-order valence-corrected chi connectivity index (χ0v) is 19.4. The Morgan fingerprint density at radius 2 is 2.00 bits per heavy atom. The molecule has 3 aliphatic heterocycles. The van der Waals surface area contributed by atoms with Gasteiger partial charge >= 0.3 is 0 Å². The van der Waals surface area contributed by atoms with Crippen molar-refractivity contribution in [3.8, 4) is 0 Å². The van der Waals surface area contributed by atoms with Crippen molar-refractivity contribution >= 4 is 21.5 Å². The molecule has 0 aliphatic carbocycles. The molecule has 9 nitrogen and oxygen atoms in total. The normalized spacial score (nSPS) is 23.6. The van der Waals surface area contributed by atoms with Gasteiger partial charge in [-0.25, -0.2) is 8.42 Å². The molecule has 4 heterocycles. The first-order valence-electron chi connectivity index (χ1n) is 10.5. The van der Waals surface area contributed by atoms with Crippen molar-refractivity contribution in [3.05, 3.63) is 52.3 Å². The number of rotatable bonds is 4. The zero-order chi connectivity index (χ0) is 22.9. The van der Waals surface area contributed by atoms with Crippen LogP contribution in [0, 0.1) is 6.92 Å². The number of aryl methyl sites for hydroxylation is 2. The summed E-state index contributed by atoms with van der Waals surface area (Å²) in [7, 11) is -1.44. The van der Waals surface area contributed by atoms with Gasteiger partial charge in [-0.05, 0) is 42.7 Å². The van der Waals surface area contributed by atoms with Gasteiger partial charge in [-0.1, -0.05) is 17.3 Å². The van der Waals surface area contributed by atoms with Crippen molar-refractivity contribution in [2.24, 2.45) is 12.2 Å². The molecular weight excluding hydrogens is 432 g/mol. The van der Waals surface area contributed by atoms with Crippen molar-refractivity contribution < 1.29 is 22.8 Å². The monoisotopic (exact) mass is 458 g/mol. The number of hydrogen-bond acceptors (Lipinski definition) is 7. The van der Waals surface area contributed by atoms with Crippen LogP contribution in [0.3, 0.4) is 0 Å². The van der Waals surface area contributed by atoms with Crippen LogP contribution < -0.4 is 0 Å². The molecule has 1 unspecified atom stereocenters. The largest absolute Gasteiger partial charge is 0.382 e. The first-order chi connectivity index (χ1) is 15.0. The Balaban J connectivity index is 1.31. The van der Waals surface area contributed by atoms with E-state index < -0.39 is 26.8 Å². The van der Waals surface area contributed by atoms with Gasteiger partial charge in [0, 0.05) is 19.7 Å². The molecule has 1 saturated heterocycles. The van der Waals surface area contributed by atoms with Crippen molar-refractivity contribution in [1.29, 1.82) is 0 Å². The zero-order valence-electron chi connectivity index (χ0n) is 18.6. The van der Waals surface area contributed by atoms with Crippen LogP contribution in [0.15, 0.2) is 29.4 Å². The lowest BCUT2D eigenvalue weighted by atomic mass is 9.84. The number of carbonyl (C=O) groups excluding carboxylic acids is 1. The van der Waals surface area contributed by atoms with Crippen LogP contribution in [0.2, 0.25) is 0 Å². The van der Waals surface area contributed by atoms with Crippen LogP contribution in [0.5, 0.6) is 0 Å². The van der Waals surface area contributed by atoms with E-state index in [9.17, 15) is 13.2 Å². The van der Waals surface area contributed by atoms with Gasteiger partial charge in [0.25, 0.3) is 0 Å². The summed E-state index contributed by atoms with van der Waals surface area (Å²) < 4.78 is 30.7. The highest BCUT2D eigenvalue weighted by Gasteiger charge is 2.52. The fourth-order valence-electron chi connectivity index (χ4n) is 4.89. The fraction of sp³-hybridized carbons (Fsp3) is 0.500. The second kappa shape index (κ2) is 6.89. The summed E-state index contributed by atoms with van der Waals surface area (Å²) in [6.07, 6.45) is 1.70. The Bertz CT molecular complexity index is 1260. The number of amides is 1. The first-order valence-corrected chi connectivity index (χ1v) is 12.5. The van der Waals surface area contributed by atoms with E-state index in [1.807, 2.05) is 43.8 Å². The minimum atomic E-state index is -3.35. The molecule has 1 amide bonds. The average molecular weight is 459 g/mol.